The SMILES string of the molecule is C[C@@]12C(Cc3ccccc3)=C(Cc3ccccc3)[C@@](C)(S1=O)C1(CC1)C2C#N. The van der Waals surface area contributed by atoms with Crippen molar-refractivity contribution in [1.29, 1.82) is 5.26 Å². The van der Waals surface area contributed by atoms with E-state index in [1.165, 1.54) is 22.3 Å². The second-order valence-corrected chi connectivity index (χ2v) is 11.1. The molecule has 1 spiro atoms. The van der Waals surface area contributed by atoms with E-state index in [1.54, 1.807) is 0 Å². The van der Waals surface area contributed by atoms with Gasteiger partial charge in [0.15, 0.2) is 0 Å². The Bertz CT molecular complexity index is 1030. The number of benzene rings is 2. The van der Waals surface area contributed by atoms with Crippen LogP contribution in [0.5, 0.6) is 0 Å². The van der Waals surface area contributed by atoms with Gasteiger partial charge in [-0.15, -0.1) is 0 Å². The van der Waals surface area contributed by atoms with E-state index in [1.807, 2.05) is 12.1 Å². The Balaban J connectivity index is 1.71. The minimum atomic E-state index is -1.07. The molecule has 2 fully saturated rings. The van der Waals surface area contributed by atoms with Gasteiger partial charge in [-0.25, -0.2) is 0 Å². The molecule has 28 heavy (non-hydrogen) atoms. The lowest BCUT2D eigenvalue weighted by atomic mass is 9.61. The summed E-state index contributed by atoms with van der Waals surface area (Å²) >= 11 is 0. The molecule has 142 valence electrons. The Labute approximate surface area is 169 Å². The van der Waals surface area contributed by atoms with Crippen molar-refractivity contribution >= 4 is 10.8 Å². The maximum absolute atomic E-state index is 14.0. The molecule has 2 aliphatic heterocycles. The largest absolute Gasteiger partial charge is 0.258 e. The monoisotopic (exact) mass is 387 g/mol. The summed E-state index contributed by atoms with van der Waals surface area (Å²) in [6, 6.07) is 23.6. The van der Waals surface area contributed by atoms with Crippen molar-refractivity contribution in [1.82, 2.24) is 0 Å². The smallest absolute Gasteiger partial charge is 0.0818 e. The average Bonchev–Trinajstić information content (AvgIpc) is 3.47. The van der Waals surface area contributed by atoms with Crippen molar-refractivity contribution in [3.8, 4) is 6.07 Å². The van der Waals surface area contributed by atoms with Crippen LogP contribution in [0, 0.1) is 22.7 Å². The molecule has 0 amide bonds. The van der Waals surface area contributed by atoms with Crippen LogP contribution in [0.1, 0.15) is 37.8 Å². The molecule has 3 aliphatic rings. The summed E-state index contributed by atoms with van der Waals surface area (Å²) in [7, 11) is -1.07. The molecule has 5 rings (SSSR count). The zero-order valence-corrected chi connectivity index (χ0v) is 17.3. The molecular formula is C25H25NOS. The molecule has 1 saturated carbocycles. The molecule has 1 saturated heterocycles. The molecule has 2 unspecified atom stereocenters. The highest BCUT2D eigenvalue weighted by molar-refractivity contribution is 7.89. The maximum Gasteiger partial charge on any atom is 0.0818 e. The third-order valence-corrected chi connectivity index (χ3v) is 10.4. The number of nitrogens with zero attached hydrogens (tertiary/aromatic N) is 1. The van der Waals surface area contributed by atoms with Gasteiger partial charge >= 0.3 is 0 Å². The first-order valence-corrected chi connectivity index (χ1v) is 11.3. The minimum Gasteiger partial charge on any atom is -0.258 e. The van der Waals surface area contributed by atoms with Crippen LogP contribution < -0.4 is 0 Å². The summed E-state index contributed by atoms with van der Waals surface area (Å²) in [5.41, 5.74) is 5.01. The lowest BCUT2D eigenvalue weighted by Crippen LogP contribution is -2.42. The molecule has 0 N–H and O–H groups in total. The molecule has 3 heteroatoms. The fourth-order valence-electron chi connectivity index (χ4n) is 6.11. The van der Waals surface area contributed by atoms with E-state index in [2.05, 4.69) is 68.4 Å². The average molecular weight is 388 g/mol. The number of nitriles is 1. The topological polar surface area (TPSA) is 40.9 Å². The van der Waals surface area contributed by atoms with E-state index in [0.717, 1.165) is 25.7 Å². The van der Waals surface area contributed by atoms with Crippen molar-refractivity contribution in [3.63, 3.8) is 0 Å². The lowest BCUT2D eigenvalue weighted by molar-refractivity contribution is 0.289. The molecule has 0 aromatic heterocycles. The fraction of sp³-hybridized carbons (Fsp3) is 0.400. The lowest BCUT2D eigenvalue weighted by Gasteiger charge is -2.39. The number of hydrogen-bond donors (Lipinski definition) is 0. The maximum atomic E-state index is 14.0. The normalized spacial score (nSPS) is 34.6. The number of rotatable bonds is 4. The molecule has 1 aliphatic carbocycles. The minimum absolute atomic E-state index is 0.0916. The predicted octanol–water partition coefficient (Wildman–Crippen LogP) is 4.98. The highest BCUT2D eigenvalue weighted by atomic mass is 32.2. The van der Waals surface area contributed by atoms with Gasteiger partial charge in [0.2, 0.25) is 0 Å². The van der Waals surface area contributed by atoms with Crippen LogP contribution in [0.2, 0.25) is 0 Å². The second kappa shape index (κ2) is 5.91. The predicted molar refractivity (Wildman–Crippen MR) is 113 cm³/mol. The van der Waals surface area contributed by atoms with Crippen molar-refractivity contribution in [2.45, 2.75) is 49.0 Å². The highest BCUT2D eigenvalue weighted by Gasteiger charge is 2.81. The van der Waals surface area contributed by atoms with Gasteiger partial charge in [0.25, 0.3) is 0 Å². The summed E-state index contributed by atoms with van der Waals surface area (Å²) in [6.07, 6.45) is 3.68. The molecule has 2 aromatic carbocycles. The summed E-state index contributed by atoms with van der Waals surface area (Å²) in [5, 5.41) is 10.1. The van der Waals surface area contributed by atoms with Crippen molar-refractivity contribution in [2.24, 2.45) is 11.3 Å². The van der Waals surface area contributed by atoms with Gasteiger partial charge in [-0.2, -0.15) is 5.26 Å². The van der Waals surface area contributed by atoms with Crippen molar-refractivity contribution < 1.29 is 4.21 Å². The number of hydrogen-bond acceptors (Lipinski definition) is 2. The summed E-state index contributed by atoms with van der Waals surface area (Å²) in [6.45, 7) is 4.31. The van der Waals surface area contributed by atoms with Gasteiger partial charge in [-0.1, -0.05) is 60.7 Å². The zero-order valence-electron chi connectivity index (χ0n) is 16.4. The molecule has 2 nitrogen and oxygen atoms in total. The molecule has 0 radical (unpaired) electrons. The van der Waals surface area contributed by atoms with Crippen molar-refractivity contribution in [3.05, 3.63) is 82.9 Å². The quantitative estimate of drug-likeness (QED) is 0.694. The third-order valence-electron chi connectivity index (χ3n) is 7.71. The third kappa shape index (κ3) is 2.05. The van der Waals surface area contributed by atoms with Crippen molar-refractivity contribution in [2.75, 3.05) is 0 Å². The first-order chi connectivity index (χ1) is 13.5. The first-order valence-electron chi connectivity index (χ1n) is 10.1. The van der Waals surface area contributed by atoms with E-state index < -0.39 is 15.5 Å². The Morgan fingerprint density at radius 1 is 0.929 bits per heavy atom. The zero-order chi connectivity index (χ0) is 19.6. The van der Waals surface area contributed by atoms with E-state index in [0.29, 0.717) is 0 Å². The van der Waals surface area contributed by atoms with Gasteiger partial charge in [-0.05, 0) is 61.8 Å². The van der Waals surface area contributed by atoms with E-state index >= 15 is 0 Å². The Kier molecular flexibility index (Phi) is 3.77. The van der Waals surface area contributed by atoms with Crippen LogP contribution in [-0.2, 0) is 23.6 Å². The summed E-state index contributed by atoms with van der Waals surface area (Å²) in [4.78, 5) is 0. The van der Waals surface area contributed by atoms with E-state index in [9.17, 15) is 9.47 Å². The summed E-state index contributed by atoms with van der Waals surface area (Å²) in [5.74, 6) is -0.149. The molecule has 2 bridgehead atoms. The van der Waals surface area contributed by atoms with Gasteiger partial charge < -0.3 is 0 Å². The highest BCUT2D eigenvalue weighted by Crippen LogP contribution is 2.77. The van der Waals surface area contributed by atoms with Gasteiger partial charge in [0.1, 0.15) is 0 Å². The van der Waals surface area contributed by atoms with Gasteiger partial charge in [0, 0.05) is 16.2 Å². The van der Waals surface area contributed by atoms with E-state index in [-0.39, 0.29) is 16.1 Å². The standard InChI is InChI=1S/C25H25NOS/c1-23-20(15-18-9-5-3-6-10-18)21(16-19-11-7-4-8-12-19)24(2,28(23)27)25(13-14-25)22(23)17-26/h3-12,22H,13-16H2,1-2H3/t22?,23-,24+,28?/m0/s1. The molecule has 4 atom stereocenters. The number of fused-ring (bicyclic) bond motifs is 3. The molecule has 2 aromatic rings. The van der Waals surface area contributed by atoms with Gasteiger partial charge in [0.05, 0.1) is 21.5 Å². The Hall–Kier alpha value is -2.18. The molecule has 2 heterocycles. The Morgan fingerprint density at radius 3 is 1.89 bits per heavy atom. The first kappa shape index (κ1) is 17.9. The van der Waals surface area contributed by atoms with Crippen LogP contribution in [0.15, 0.2) is 71.8 Å². The van der Waals surface area contributed by atoms with Crippen LogP contribution in [0.4, 0.5) is 0 Å². The van der Waals surface area contributed by atoms with E-state index in [4.69, 9.17) is 0 Å². The molecular weight excluding hydrogens is 362 g/mol. The second-order valence-electron chi connectivity index (χ2n) is 8.91. The van der Waals surface area contributed by atoms with Gasteiger partial charge in [-0.3, -0.25) is 4.21 Å². The van der Waals surface area contributed by atoms with Crippen LogP contribution in [0.25, 0.3) is 0 Å². The summed E-state index contributed by atoms with van der Waals surface area (Å²) < 4.78 is 13.0. The Morgan fingerprint density at radius 2 is 1.43 bits per heavy atom. The fourth-order valence-corrected chi connectivity index (χ4v) is 8.98. The van der Waals surface area contributed by atoms with Crippen LogP contribution in [-0.4, -0.2) is 13.7 Å². The van der Waals surface area contributed by atoms with Crippen LogP contribution >= 0.6 is 0 Å². The van der Waals surface area contributed by atoms with Crippen LogP contribution in [0.3, 0.4) is 0 Å².